The van der Waals surface area contributed by atoms with Gasteiger partial charge < -0.3 is 15.8 Å². The molecule has 0 aliphatic carbocycles. The molecule has 1 atom stereocenters. The van der Waals surface area contributed by atoms with Crippen molar-refractivity contribution >= 4 is 30.7 Å². The van der Waals surface area contributed by atoms with Gasteiger partial charge in [0, 0.05) is 26.7 Å². The highest BCUT2D eigenvalue weighted by Crippen LogP contribution is 2.18. The lowest BCUT2D eigenvalue weighted by atomic mass is 9.98. The fourth-order valence-corrected chi connectivity index (χ4v) is 3.06. The molecule has 0 aromatic heterocycles. The van der Waals surface area contributed by atoms with Gasteiger partial charge in [0.05, 0.1) is 12.5 Å². The molecule has 5 nitrogen and oxygen atoms in total. The number of nitrogens with zero attached hydrogens (tertiary/aromatic N) is 1. The smallest absolute Gasteiger partial charge is 0.222 e. The summed E-state index contributed by atoms with van der Waals surface area (Å²) >= 11 is 0. The number of amides is 1. The Morgan fingerprint density at radius 2 is 1.96 bits per heavy atom. The number of piperidine rings is 1. The number of hydrogen-bond donors (Lipinski definition) is 2. The first-order chi connectivity index (χ1) is 11.6. The van der Waals surface area contributed by atoms with Gasteiger partial charge in [-0.15, -0.1) is 24.8 Å². The van der Waals surface area contributed by atoms with Gasteiger partial charge in [-0.1, -0.05) is 31.2 Å². The predicted molar refractivity (Wildman–Crippen MR) is 111 cm³/mol. The van der Waals surface area contributed by atoms with Crippen LogP contribution in [0.3, 0.4) is 0 Å². The third kappa shape index (κ3) is 8.69. The second kappa shape index (κ2) is 13.3. The van der Waals surface area contributed by atoms with Crippen LogP contribution in [0.1, 0.15) is 37.3 Å². The molecule has 26 heavy (non-hydrogen) atoms. The quantitative estimate of drug-likeness (QED) is 0.697. The van der Waals surface area contributed by atoms with Crippen molar-refractivity contribution in [3.05, 3.63) is 35.4 Å². The number of hydrogen-bond acceptors (Lipinski definition) is 4. The Morgan fingerprint density at radius 3 is 2.58 bits per heavy atom. The van der Waals surface area contributed by atoms with Crippen LogP contribution in [-0.2, 0) is 22.6 Å². The minimum atomic E-state index is -0.210. The van der Waals surface area contributed by atoms with Crippen molar-refractivity contribution in [3.63, 3.8) is 0 Å². The van der Waals surface area contributed by atoms with Crippen LogP contribution in [0, 0.1) is 5.92 Å². The molecule has 0 radical (unpaired) electrons. The molecule has 1 amide bonds. The van der Waals surface area contributed by atoms with E-state index in [4.69, 9.17) is 10.5 Å². The van der Waals surface area contributed by atoms with Crippen molar-refractivity contribution in [3.8, 4) is 0 Å². The molecule has 2 rings (SSSR count). The van der Waals surface area contributed by atoms with Gasteiger partial charge in [-0.2, -0.15) is 0 Å². The molecule has 1 aliphatic heterocycles. The molecule has 1 unspecified atom stereocenters. The van der Waals surface area contributed by atoms with E-state index < -0.39 is 0 Å². The zero-order valence-corrected chi connectivity index (χ0v) is 17.4. The van der Waals surface area contributed by atoms with Crippen molar-refractivity contribution in [2.75, 3.05) is 26.7 Å². The van der Waals surface area contributed by atoms with Gasteiger partial charge in [0.2, 0.25) is 5.91 Å². The van der Waals surface area contributed by atoms with Crippen LogP contribution in [-0.4, -0.2) is 43.7 Å². The first kappa shape index (κ1) is 25.1. The third-order valence-electron chi connectivity index (χ3n) is 4.77. The lowest BCUT2D eigenvalue weighted by Crippen LogP contribution is -2.32. The number of ether oxygens (including phenoxy) is 1. The maximum atomic E-state index is 11.9. The normalized spacial score (nSPS) is 16.3. The first-order valence-electron chi connectivity index (χ1n) is 8.90. The van der Waals surface area contributed by atoms with Crippen LogP contribution in [0.25, 0.3) is 0 Å². The SMILES string of the molecule is COC(CN)CC(=O)NCc1cccc(CN2CCC(C)CC2)c1.Cl.Cl. The van der Waals surface area contributed by atoms with Crippen molar-refractivity contribution < 1.29 is 9.53 Å². The number of nitrogens with two attached hydrogens (primary N) is 1. The summed E-state index contributed by atoms with van der Waals surface area (Å²) in [6.45, 7) is 6.59. The van der Waals surface area contributed by atoms with Crippen LogP contribution in [0.15, 0.2) is 24.3 Å². The van der Waals surface area contributed by atoms with Crippen molar-refractivity contribution in [1.82, 2.24) is 10.2 Å². The molecule has 1 aromatic rings. The summed E-state index contributed by atoms with van der Waals surface area (Å²) in [5.74, 6) is 0.829. The monoisotopic (exact) mass is 405 g/mol. The number of methoxy groups -OCH3 is 1. The Labute approximate surface area is 169 Å². The Balaban J connectivity index is 0.00000312. The average molecular weight is 406 g/mol. The van der Waals surface area contributed by atoms with Gasteiger partial charge in [-0.05, 0) is 43.0 Å². The standard InChI is InChI=1S/C19H31N3O2.2ClH/c1-15-6-8-22(9-7-15)14-17-5-3-4-16(10-17)13-21-19(23)11-18(12-20)24-2;;/h3-5,10,15,18H,6-9,11-14,20H2,1-2H3,(H,21,23);2*1H. The molecule has 0 bridgehead atoms. The van der Waals surface area contributed by atoms with Crippen molar-refractivity contribution in [1.29, 1.82) is 0 Å². The molecule has 1 saturated heterocycles. The fourth-order valence-electron chi connectivity index (χ4n) is 3.06. The van der Waals surface area contributed by atoms with Crippen LogP contribution in [0.4, 0.5) is 0 Å². The average Bonchev–Trinajstić information content (AvgIpc) is 2.60. The molecular weight excluding hydrogens is 373 g/mol. The fraction of sp³-hybridized carbons (Fsp3) is 0.632. The first-order valence-corrected chi connectivity index (χ1v) is 8.90. The summed E-state index contributed by atoms with van der Waals surface area (Å²) in [6.07, 6.45) is 2.67. The summed E-state index contributed by atoms with van der Waals surface area (Å²) in [6, 6.07) is 8.48. The number of rotatable bonds is 8. The second-order valence-corrected chi connectivity index (χ2v) is 6.85. The van der Waals surface area contributed by atoms with E-state index in [0.29, 0.717) is 19.5 Å². The van der Waals surface area contributed by atoms with Gasteiger partial charge in [0.15, 0.2) is 0 Å². The molecule has 0 spiro atoms. The Morgan fingerprint density at radius 1 is 1.31 bits per heavy atom. The van der Waals surface area contributed by atoms with Crippen LogP contribution in [0.2, 0.25) is 0 Å². The van der Waals surface area contributed by atoms with Crippen molar-refractivity contribution in [2.45, 2.75) is 45.4 Å². The summed E-state index contributed by atoms with van der Waals surface area (Å²) in [7, 11) is 1.58. The summed E-state index contributed by atoms with van der Waals surface area (Å²) in [5.41, 5.74) is 7.99. The molecular formula is C19H33Cl2N3O2. The van der Waals surface area contributed by atoms with E-state index in [1.54, 1.807) is 7.11 Å². The number of nitrogens with one attached hydrogen (secondary N) is 1. The maximum Gasteiger partial charge on any atom is 0.222 e. The highest BCUT2D eigenvalue weighted by atomic mass is 35.5. The maximum absolute atomic E-state index is 11.9. The Kier molecular flexibility index (Phi) is 12.9. The predicted octanol–water partition coefficient (Wildman–Crippen LogP) is 2.74. The highest BCUT2D eigenvalue weighted by Gasteiger charge is 2.16. The van der Waals surface area contributed by atoms with E-state index >= 15 is 0 Å². The molecule has 150 valence electrons. The van der Waals surface area contributed by atoms with Gasteiger partial charge >= 0.3 is 0 Å². The van der Waals surface area contributed by atoms with Crippen LogP contribution >= 0.6 is 24.8 Å². The van der Waals surface area contributed by atoms with Gasteiger partial charge in [0.1, 0.15) is 0 Å². The molecule has 1 fully saturated rings. The van der Waals surface area contributed by atoms with Gasteiger partial charge in [0.25, 0.3) is 0 Å². The molecule has 1 aromatic carbocycles. The molecule has 7 heteroatoms. The lowest BCUT2D eigenvalue weighted by molar-refractivity contribution is -0.123. The topological polar surface area (TPSA) is 67.6 Å². The number of benzene rings is 1. The molecule has 0 saturated carbocycles. The molecule has 1 heterocycles. The van der Waals surface area contributed by atoms with Crippen LogP contribution in [0.5, 0.6) is 0 Å². The molecule has 3 N–H and O–H groups in total. The third-order valence-corrected chi connectivity index (χ3v) is 4.77. The largest absolute Gasteiger partial charge is 0.380 e. The van der Waals surface area contributed by atoms with Gasteiger partial charge in [-0.3, -0.25) is 9.69 Å². The van der Waals surface area contributed by atoms with E-state index in [1.807, 2.05) is 0 Å². The summed E-state index contributed by atoms with van der Waals surface area (Å²) in [5, 5.41) is 2.95. The number of halogens is 2. The Hall–Kier alpha value is -0.850. The van der Waals surface area contributed by atoms with E-state index in [9.17, 15) is 4.79 Å². The summed E-state index contributed by atoms with van der Waals surface area (Å²) in [4.78, 5) is 14.4. The summed E-state index contributed by atoms with van der Waals surface area (Å²) < 4.78 is 5.14. The second-order valence-electron chi connectivity index (χ2n) is 6.85. The number of likely N-dealkylation sites (tertiary alicyclic amines) is 1. The zero-order chi connectivity index (χ0) is 17.4. The number of carbonyl (C=O) groups is 1. The van der Waals surface area contributed by atoms with E-state index in [2.05, 4.69) is 41.4 Å². The van der Waals surface area contributed by atoms with Gasteiger partial charge in [-0.25, -0.2) is 0 Å². The van der Waals surface area contributed by atoms with E-state index in [-0.39, 0.29) is 36.8 Å². The highest BCUT2D eigenvalue weighted by molar-refractivity contribution is 5.85. The van der Waals surface area contributed by atoms with E-state index in [0.717, 1.165) is 18.0 Å². The van der Waals surface area contributed by atoms with Crippen molar-refractivity contribution in [2.24, 2.45) is 11.7 Å². The van der Waals surface area contributed by atoms with E-state index in [1.165, 1.54) is 31.5 Å². The number of carbonyl (C=O) groups excluding carboxylic acids is 1. The minimum absolute atomic E-state index is 0. The molecule has 1 aliphatic rings. The Bertz CT molecular complexity index is 519. The lowest BCUT2D eigenvalue weighted by Gasteiger charge is -2.30. The van der Waals surface area contributed by atoms with Crippen LogP contribution < -0.4 is 11.1 Å². The minimum Gasteiger partial charge on any atom is -0.380 e. The zero-order valence-electron chi connectivity index (χ0n) is 15.8.